The fourth-order valence-electron chi connectivity index (χ4n) is 4.68. The average Bonchev–Trinajstić information content (AvgIpc) is 2.78. The molecule has 2 aromatic rings. The summed E-state index contributed by atoms with van der Waals surface area (Å²) in [5.41, 5.74) is 2.04. The van der Waals surface area contributed by atoms with Gasteiger partial charge in [0.25, 0.3) is 0 Å². The van der Waals surface area contributed by atoms with Crippen molar-refractivity contribution >= 4 is 5.69 Å². The van der Waals surface area contributed by atoms with Gasteiger partial charge < -0.3 is 14.7 Å². The third kappa shape index (κ3) is 4.87. The van der Waals surface area contributed by atoms with Crippen molar-refractivity contribution in [3.8, 4) is 11.5 Å². The first-order chi connectivity index (χ1) is 14.6. The normalized spacial score (nSPS) is 21.0. The average molecular weight is 414 g/mol. The second-order valence-corrected chi connectivity index (χ2v) is 8.23. The lowest BCUT2D eigenvalue weighted by Gasteiger charge is -2.44. The van der Waals surface area contributed by atoms with E-state index in [1.807, 2.05) is 37.3 Å². The van der Waals surface area contributed by atoms with E-state index in [-0.39, 0.29) is 11.6 Å². The Morgan fingerprint density at radius 1 is 1.03 bits per heavy atom. The van der Waals surface area contributed by atoms with Crippen molar-refractivity contribution in [2.45, 2.75) is 32.4 Å². The second kappa shape index (κ2) is 9.67. The molecule has 2 heterocycles. The number of aromatic hydroxyl groups is 1. The summed E-state index contributed by atoms with van der Waals surface area (Å²) >= 11 is 0. The molecule has 2 fully saturated rings. The molecule has 0 radical (unpaired) electrons. The number of anilines is 1. The highest BCUT2D eigenvalue weighted by atomic mass is 19.1. The van der Waals surface area contributed by atoms with E-state index < -0.39 is 0 Å². The molecule has 30 heavy (non-hydrogen) atoms. The Labute approximate surface area is 178 Å². The Balaban J connectivity index is 1.32. The maximum absolute atomic E-state index is 13.2. The quantitative estimate of drug-likeness (QED) is 0.782. The molecular formula is C24H32FN3O2. The van der Waals surface area contributed by atoms with Gasteiger partial charge in [0.05, 0.1) is 6.61 Å². The summed E-state index contributed by atoms with van der Waals surface area (Å²) in [5, 5.41) is 10.5. The maximum Gasteiger partial charge on any atom is 0.162 e. The molecule has 0 aliphatic carbocycles. The van der Waals surface area contributed by atoms with Crippen LogP contribution in [0.15, 0.2) is 42.5 Å². The molecule has 6 heteroatoms. The zero-order chi connectivity index (χ0) is 20.9. The van der Waals surface area contributed by atoms with E-state index in [2.05, 4.69) is 14.7 Å². The molecule has 4 rings (SSSR count). The number of para-hydroxylation sites is 1. The zero-order valence-corrected chi connectivity index (χ0v) is 17.8. The van der Waals surface area contributed by atoms with Crippen molar-refractivity contribution < 1.29 is 14.2 Å². The minimum atomic E-state index is -0.183. The minimum absolute atomic E-state index is 0.183. The molecule has 1 N–H and O–H groups in total. The number of ether oxygens (including phenoxy) is 1. The van der Waals surface area contributed by atoms with Crippen molar-refractivity contribution in [2.75, 3.05) is 50.8 Å². The number of halogens is 1. The monoisotopic (exact) mass is 413 g/mol. The number of piperazine rings is 1. The number of phenols is 1. The van der Waals surface area contributed by atoms with Crippen LogP contribution in [0, 0.1) is 5.82 Å². The van der Waals surface area contributed by atoms with Crippen molar-refractivity contribution in [1.82, 2.24) is 9.80 Å². The molecule has 2 aromatic carbocycles. The molecule has 0 aromatic heterocycles. The van der Waals surface area contributed by atoms with E-state index in [0.29, 0.717) is 18.4 Å². The number of likely N-dealkylation sites (tertiary alicyclic amines) is 1. The molecule has 2 aliphatic rings. The van der Waals surface area contributed by atoms with Crippen LogP contribution < -0.4 is 9.64 Å². The van der Waals surface area contributed by atoms with E-state index in [4.69, 9.17) is 4.74 Å². The summed E-state index contributed by atoms with van der Waals surface area (Å²) in [5.74, 6) is 0.660. The SMILES string of the molecule is CCOc1cccc(CN2CCC[C@@H](N3CCN(c4ccc(F)cc4)CC3)C2)c1O. The number of piperidine rings is 1. The fraction of sp³-hybridized carbons (Fsp3) is 0.500. The number of benzene rings is 2. The Kier molecular flexibility index (Phi) is 6.75. The molecule has 0 spiro atoms. The Morgan fingerprint density at radius 2 is 1.80 bits per heavy atom. The summed E-state index contributed by atoms with van der Waals surface area (Å²) in [7, 11) is 0. The highest BCUT2D eigenvalue weighted by Crippen LogP contribution is 2.31. The first-order valence-electron chi connectivity index (χ1n) is 11.0. The molecule has 2 aliphatic heterocycles. The van der Waals surface area contributed by atoms with Crippen LogP contribution in [0.25, 0.3) is 0 Å². The molecule has 0 bridgehead atoms. The van der Waals surface area contributed by atoms with E-state index in [9.17, 15) is 9.50 Å². The van der Waals surface area contributed by atoms with Crippen molar-refractivity contribution in [3.63, 3.8) is 0 Å². The smallest absolute Gasteiger partial charge is 0.162 e. The Bertz CT molecular complexity index is 822. The van der Waals surface area contributed by atoms with Gasteiger partial charge in [-0.2, -0.15) is 0 Å². The molecule has 2 saturated heterocycles. The van der Waals surface area contributed by atoms with Crippen LogP contribution in [-0.4, -0.2) is 66.8 Å². The summed E-state index contributed by atoms with van der Waals surface area (Å²) in [6.45, 7) is 9.31. The lowest BCUT2D eigenvalue weighted by molar-refractivity contribution is 0.0882. The van der Waals surface area contributed by atoms with Gasteiger partial charge in [0, 0.05) is 56.6 Å². The van der Waals surface area contributed by atoms with Crippen LogP contribution in [0.3, 0.4) is 0 Å². The van der Waals surface area contributed by atoms with Gasteiger partial charge in [0.15, 0.2) is 11.5 Å². The van der Waals surface area contributed by atoms with Crippen LogP contribution in [0.1, 0.15) is 25.3 Å². The number of phenolic OH excluding ortho intramolecular Hbond substituents is 1. The van der Waals surface area contributed by atoms with Gasteiger partial charge in [-0.15, -0.1) is 0 Å². The van der Waals surface area contributed by atoms with Crippen molar-refractivity contribution in [3.05, 3.63) is 53.8 Å². The molecule has 0 amide bonds. The Hall–Kier alpha value is -2.31. The lowest BCUT2D eigenvalue weighted by atomic mass is 10.0. The molecule has 0 unspecified atom stereocenters. The molecular weight excluding hydrogens is 381 g/mol. The minimum Gasteiger partial charge on any atom is -0.504 e. The third-order valence-electron chi connectivity index (χ3n) is 6.28. The predicted molar refractivity (Wildman–Crippen MR) is 118 cm³/mol. The maximum atomic E-state index is 13.2. The highest BCUT2D eigenvalue weighted by Gasteiger charge is 2.28. The largest absolute Gasteiger partial charge is 0.504 e. The lowest BCUT2D eigenvalue weighted by Crippen LogP contribution is -2.55. The Morgan fingerprint density at radius 3 is 2.53 bits per heavy atom. The van der Waals surface area contributed by atoms with Gasteiger partial charge in [-0.25, -0.2) is 4.39 Å². The van der Waals surface area contributed by atoms with E-state index >= 15 is 0 Å². The van der Waals surface area contributed by atoms with Crippen LogP contribution in [0.5, 0.6) is 11.5 Å². The van der Waals surface area contributed by atoms with Crippen molar-refractivity contribution in [1.29, 1.82) is 0 Å². The predicted octanol–water partition coefficient (Wildman–Crippen LogP) is 3.72. The van der Waals surface area contributed by atoms with Gasteiger partial charge in [0.1, 0.15) is 5.82 Å². The summed E-state index contributed by atoms with van der Waals surface area (Å²) in [4.78, 5) is 7.39. The number of hydrogen-bond acceptors (Lipinski definition) is 5. The van der Waals surface area contributed by atoms with Gasteiger partial charge in [0.2, 0.25) is 0 Å². The number of nitrogens with zero attached hydrogens (tertiary/aromatic N) is 3. The van der Waals surface area contributed by atoms with Gasteiger partial charge in [-0.1, -0.05) is 12.1 Å². The standard InChI is InChI=1S/C24H32FN3O2/c1-2-30-23-7-3-5-19(24(23)29)17-26-12-4-6-22(18-26)28-15-13-27(14-16-28)21-10-8-20(25)9-11-21/h3,5,7-11,22,29H,2,4,6,12-18H2,1H3/t22-/m1/s1. The van der Waals surface area contributed by atoms with E-state index in [1.165, 1.54) is 25.0 Å². The summed E-state index contributed by atoms with van der Waals surface area (Å²) in [6.07, 6.45) is 2.40. The van der Waals surface area contributed by atoms with Crippen LogP contribution in [-0.2, 0) is 6.54 Å². The van der Waals surface area contributed by atoms with Crippen LogP contribution >= 0.6 is 0 Å². The summed E-state index contributed by atoms with van der Waals surface area (Å²) < 4.78 is 18.7. The first-order valence-corrected chi connectivity index (χ1v) is 11.0. The number of hydrogen-bond donors (Lipinski definition) is 1. The highest BCUT2D eigenvalue weighted by molar-refractivity contribution is 5.47. The van der Waals surface area contributed by atoms with Crippen LogP contribution in [0.2, 0.25) is 0 Å². The molecule has 162 valence electrons. The van der Waals surface area contributed by atoms with E-state index in [1.54, 1.807) is 0 Å². The van der Waals surface area contributed by atoms with Gasteiger partial charge in [-0.3, -0.25) is 9.80 Å². The number of rotatable bonds is 6. The first kappa shape index (κ1) is 20.9. The summed E-state index contributed by atoms with van der Waals surface area (Å²) in [6, 6.07) is 13.1. The topological polar surface area (TPSA) is 39.2 Å². The van der Waals surface area contributed by atoms with Crippen molar-refractivity contribution in [2.24, 2.45) is 0 Å². The zero-order valence-electron chi connectivity index (χ0n) is 17.8. The molecule has 5 nitrogen and oxygen atoms in total. The van der Waals surface area contributed by atoms with Crippen LogP contribution in [0.4, 0.5) is 10.1 Å². The second-order valence-electron chi connectivity index (χ2n) is 8.23. The molecule has 1 atom stereocenters. The molecule has 0 saturated carbocycles. The fourth-order valence-corrected chi connectivity index (χ4v) is 4.68. The van der Waals surface area contributed by atoms with Gasteiger partial charge in [-0.05, 0) is 56.6 Å². The van der Waals surface area contributed by atoms with Gasteiger partial charge >= 0.3 is 0 Å². The third-order valence-corrected chi connectivity index (χ3v) is 6.28. The van der Waals surface area contributed by atoms with E-state index in [0.717, 1.165) is 57.1 Å².